The molecule has 1 amide bonds. The van der Waals surface area contributed by atoms with Gasteiger partial charge in [0.05, 0.1) is 0 Å². The highest BCUT2D eigenvalue weighted by Gasteiger charge is 2.64. The first-order valence-corrected chi connectivity index (χ1v) is 6.52. The van der Waals surface area contributed by atoms with Crippen LogP contribution >= 0.6 is 0 Å². The summed E-state index contributed by atoms with van der Waals surface area (Å²) in [7, 11) is 0. The standard InChI is InChI=1S/C12H19F3N2O3/c13-12(14,15)11(10(19)20)5-7-17(8-11)9(18)4-2-1-3-6-16/h1-8,16H2,(H,19,20). The van der Waals surface area contributed by atoms with Crippen LogP contribution in [0.5, 0.6) is 0 Å². The third-order valence-electron chi connectivity index (χ3n) is 3.67. The fourth-order valence-electron chi connectivity index (χ4n) is 2.31. The second-order valence-corrected chi connectivity index (χ2v) is 5.05. The van der Waals surface area contributed by atoms with Crippen LogP contribution in [0.2, 0.25) is 0 Å². The van der Waals surface area contributed by atoms with Crippen LogP contribution in [0, 0.1) is 5.41 Å². The number of halogens is 3. The van der Waals surface area contributed by atoms with Gasteiger partial charge in [-0.1, -0.05) is 6.42 Å². The molecule has 0 aromatic rings. The lowest BCUT2D eigenvalue weighted by Gasteiger charge is -2.27. The van der Waals surface area contributed by atoms with E-state index in [1.165, 1.54) is 0 Å². The molecule has 0 aromatic carbocycles. The van der Waals surface area contributed by atoms with Crippen molar-refractivity contribution >= 4 is 11.9 Å². The van der Waals surface area contributed by atoms with Gasteiger partial charge in [0.2, 0.25) is 5.91 Å². The van der Waals surface area contributed by atoms with Gasteiger partial charge in [-0.25, -0.2) is 0 Å². The smallest absolute Gasteiger partial charge is 0.406 e. The molecule has 0 bridgehead atoms. The summed E-state index contributed by atoms with van der Waals surface area (Å²) in [6, 6.07) is 0. The van der Waals surface area contributed by atoms with Crippen molar-refractivity contribution in [3.63, 3.8) is 0 Å². The summed E-state index contributed by atoms with van der Waals surface area (Å²) < 4.78 is 38.8. The van der Waals surface area contributed by atoms with E-state index in [0.29, 0.717) is 13.0 Å². The number of nitrogens with zero attached hydrogens (tertiary/aromatic N) is 1. The van der Waals surface area contributed by atoms with Gasteiger partial charge in [-0.2, -0.15) is 13.2 Å². The highest BCUT2D eigenvalue weighted by atomic mass is 19.4. The number of likely N-dealkylation sites (tertiary alicyclic amines) is 1. The Balaban J connectivity index is 2.61. The molecule has 1 aliphatic rings. The highest BCUT2D eigenvalue weighted by Crippen LogP contribution is 2.45. The van der Waals surface area contributed by atoms with Gasteiger partial charge >= 0.3 is 12.1 Å². The SMILES string of the molecule is NCCCCCC(=O)N1CCC(C(=O)O)(C(F)(F)F)C1. The molecule has 1 unspecified atom stereocenters. The monoisotopic (exact) mass is 296 g/mol. The number of unbranched alkanes of at least 4 members (excludes halogenated alkanes) is 2. The maximum absolute atomic E-state index is 12.9. The minimum atomic E-state index is -4.85. The maximum atomic E-state index is 12.9. The van der Waals surface area contributed by atoms with Crippen molar-refractivity contribution in [1.29, 1.82) is 0 Å². The van der Waals surface area contributed by atoms with E-state index in [0.717, 1.165) is 17.7 Å². The van der Waals surface area contributed by atoms with Crippen molar-refractivity contribution in [1.82, 2.24) is 4.90 Å². The van der Waals surface area contributed by atoms with Gasteiger partial charge in [-0.3, -0.25) is 9.59 Å². The van der Waals surface area contributed by atoms with E-state index in [1.54, 1.807) is 0 Å². The fourth-order valence-corrected chi connectivity index (χ4v) is 2.31. The summed E-state index contributed by atoms with van der Waals surface area (Å²) in [5.41, 5.74) is 2.48. The molecule has 1 heterocycles. The summed E-state index contributed by atoms with van der Waals surface area (Å²) >= 11 is 0. The van der Waals surface area contributed by atoms with Gasteiger partial charge < -0.3 is 15.7 Å². The topological polar surface area (TPSA) is 83.6 Å². The average molecular weight is 296 g/mol. The number of hydrogen-bond donors (Lipinski definition) is 2. The summed E-state index contributed by atoms with van der Waals surface area (Å²) in [6.07, 6.45) is -3.26. The molecule has 1 rings (SSSR count). The number of carboxylic acid groups (broad SMARTS) is 1. The van der Waals surface area contributed by atoms with Gasteiger partial charge in [0.25, 0.3) is 0 Å². The number of hydrogen-bond acceptors (Lipinski definition) is 3. The lowest BCUT2D eigenvalue weighted by atomic mass is 9.86. The highest BCUT2D eigenvalue weighted by molar-refractivity contribution is 5.81. The number of aliphatic carboxylic acids is 1. The Morgan fingerprint density at radius 2 is 1.90 bits per heavy atom. The molecule has 1 saturated heterocycles. The zero-order valence-electron chi connectivity index (χ0n) is 11.1. The lowest BCUT2D eigenvalue weighted by molar-refractivity contribution is -0.227. The zero-order chi connectivity index (χ0) is 15.4. The van der Waals surface area contributed by atoms with Gasteiger partial charge in [0, 0.05) is 19.5 Å². The van der Waals surface area contributed by atoms with Crippen LogP contribution in [0.4, 0.5) is 13.2 Å². The quantitative estimate of drug-likeness (QED) is 0.725. The molecule has 1 atom stereocenters. The van der Waals surface area contributed by atoms with E-state index in [1.807, 2.05) is 0 Å². The van der Waals surface area contributed by atoms with E-state index in [9.17, 15) is 22.8 Å². The fraction of sp³-hybridized carbons (Fsp3) is 0.833. The Morgan fingerprint density at radius 1 is 1.25 bits per heavy atom. The van der Waals surface area contributed by atoms with Crippen molar-refractivity contribution in [2.45, 2.75) is 38.3 Å². The third-order valence-corrected chi connectivity index (χ3v) is 3.67. The van der Waals surface area contributed by atoms with Crippen LogP contribution < -0.4 is 5.73 Å². The van der Waals surface area contributed by atoms with E-state index in [4.69, 9.17) is 10.8 Å². The average Bonchev–Trinajstić information content (AvgIpc) is 2.80. The lowest BCUT2D eigenvalue weighted by Crippen LogP contribution is -2.47. The first-order valence-electron chi connectivity index (χ1n) is 6.52. The molecule has 20 heavy (non-hydrogen) atoms. The summed E-state index contributed by atoms with van der Waals surface area (Å²) in [5, 5.41) is 8.87. The van der Waals surface area contributed by atoms with Crippen molar-refractivity contribution in [2.24, 2.45) is 11.1 Å². The van der Waals surface area contributed by atoms with Gasteiger partial charge in [0.15, 0.2) is 5.41 Å². The molecule has 0 aromatic heterocycles. The number of carbonyl (C=O) groups excluding carboxylic acids is 1. The Labute approximate surface area is 114 Å². The predicted molar refractivity (Wildman–Crippen MR) is 64.8 cm³/mol. The van der Waals surface area contributed by atoms with Gasteiger partial charge in [-0.15, -0.1) is 0 Å². The minimum Gasteiger partial charge on any atom is -0.481 e. The van der Waals surface area contributed by atoms with Crippen molar-refractivity contribution in [3.05, 3.63) is 0 Å². The van der Waals surface area contributed by atoms with Crippen LogP contribution in [0.25, 0.3) is 0 Å². The van der Waals surface area contributed by atoms with Crippen LogP contribution in [0.1, 0.15) is 32.1 Å². The summed E-state index contributed by atoms with van der Waals surface area (Å²) in [4.78, 5) is 23.7. The molecule has 5 nitrogen and oxygen atoms in total. The second kappa shape index (κ2) is 6.43. The van der Waals surface area contributed by atoms with Crippen LogP contribution in [0.3, 0.4) is 0 Å². The number of carboxylic acids is 1. The van der Waals surface area contributed by atoms with Crippen LogP contribution in [-0.4, -0.2) is 47.7 Å². The van der Waals surface area contributed by atoms with Crippen molar-refractivity contribution in [3.8, 4) is 0 Å². The summed E-state index contributed by atoms with van der Waals surface area (Å²) in [5.74, 6) is -2.34. The van der Waals surface area contributed by atoms with E-state index >= 15 is 0 Å². The Kier molecular flexibility index (Phi) is 5.38. The Morgan fingerprint density at radius 3 is 2.35 bits per heavy atom. The molecule has 0 radical (unpaired) electrons. The molecule has 0 aliphatic carbocycles. The molecule has 1 fully saturated rings. The molecule has 116 valence electrons. The minimum absolute atomic E-state index is 0.132. The third kappa shape index (κ3) is 3.41. The number of nitrogens with two attached hydrogens (primary N) is 1. The molecule has 0 saturated carbocycles. The van der Waals surface area contributed by atoms with Crippen LogP contribution in [0.15, 0.2) is 0 Å². The largest absolute Gasteiger partial charge is 0.481 e. The maximum Gasteiger partial charge on any atom is 0.406 e. The molecular formula is C12H19F3N2O3. The van der Waals surface area contributed by atoms with E-state index in [-0.39, 0.29) is 13.0 Å². The van der Waals surface area contributed by atoms with Crippen molar-refractivity contribution < 1.29 is 27.9 Å². The predicted octanol–water partition coefficient (Wildman–Crippen LogP) is 1.37. The number of alkyl halides is 3. The first-order chi connectivity index (χ1) is 9.24. The first kappa shape index (κ1) is 16.7. The zero-order valence-corrected chi connectivity index (χ0v) is 11.1. The van der Waals surface area contributed by atoms with Crippen molar-refractivity contribution in [2.75, 3.05) is 19.6 Å². The molecule has 1 aliphatic heterocycles. The van der Waals surface area contributed by atoms with Crippen LogP contribution in [-0.2, 0) is 9.59 Å². The summed E-state index contributed by atoms with van der Waals surface area (Å²) in [6.45, 7) is -0.447. The molecule has 0 spiro atoms. The van der Waals surface area contributed by atoms with Gasteiger partial charge in [0.1, 0.15) is 0 Å². The van der Waals surface area contributed by atoms with E-state index < -0.39 is 36.4 Å². The number of rotatable bonds is 6. The Bertz CT molecular complexity index is 373. The molecule has 8 heteroatoms. The number of amides is 1. The van der Waals surface area contributed by atoms with E-state index in [2.05, 4.69) is 0 Å². The number of carbonyl (C=O) groups is 2. The molecular weight excluding hydrogens is 277 g/mol. The normalized spacial score (nSPS) is 23.1. The second-order valence-electron chi connectivity index (χ2n) is 5.05. The van der Waals surface area contributed by atoms with Gasteiger partial charge in [-0.05, 0) is 25.8 Å². The molecule has 3 N–H and O–H groups in total. The Hall–Kier alpha value is -1.31.